The van der Waals surface area contributed by atoms with Crippen molar-refractivity contribution in [1.29, 1.82) is 0 Å². The topological polar surface area (TPSA) is 38.7 Å². The van der Waals surface area contributed by atoms with E-state index in [9.17, 15) is 5.11 Å². The summed E-state index contributed by atoms with van der Waals surface area (Å²) >= 11 is 2.41. The lowest BCUT2D eigenvalue weighted by Gasteiger charge is -2.42. The van der Waals surface area contributed by atoms with Crippen molar-refractivity contribution in [2.45, 2.75) is 64.1 Å². The van der Waals surface area contributed by atoms with Crippen molar-refractivity contribution < 1.29 is 5.11 Å². The summed E-state index contributed by atoms with van der Waals surface area (Å²) in [6.07, 6.45) is 3.33. The molecule has 2 heterocycles. The molecule has 0 aromatic heterocycles. The van der Waals surface area contributed by atoms with Crippen LogP contribution in [0.25, 0.3) is 0 Å². The average Bonchev–Trinajstić information content (AvgIpc) is 2.80. The summed E-state index contributed by atoms with van der Waals surface area (Å²) in [5, 5.41) is 13.7. The summed E-state index contributed by atoms with van der Waals surface area (Å²) in [6, 6.07) is 17.4. The summed E-state index contributed by atoms with van der Waals surface area (Å²) in [6.45, 7) is 15.7. The van der Waals surface area contributed by atoms with Crippen LogP contribution in [-0.4, -0.2) is 44.8 Å². The fraction of sp³-hybridized carbons (Fsp3) is 0.500. The summed E-state index contributed by atoms with van der Waals surface area (Å²) in [4.78, 5) is 2.64. The van der Waals surface area contributed by atoms with E-state index in [0.717, 1.165) is 38.3 Å². The Bertz CT molecular complexity index is 953. The Morgan fingerprint density at radius 3 is 2.52 bits per heavy atom. The van der Waals surface area contributed by atoms with Gasteiger partial charge in [0.2, 0.25) is 0 Å². The van der Waals surface area contributed by atoms with E-state index >= 15 is 0 Å². The molecular formula is C28H38IN3O. The second-order valence-corrected chi connectivity index (χ2v) is 11.7. The molecule has 5 heteroatoms. The van der Waals surface area contributed by atoms with Gasteiger partial charge in [0.05, 0.1) is 6.04 Å². The molecule has 2 aromatic carbocycles. The quantitative estimate of drug-likeness (QED) is 0.340. The lowest BCUT2D eigenvalue weighted by atomic mass is 9.74. The Kier molecular flexibility index (Phi) is 7.71. The van der Waals surface area contributed by atoms with Gasteiger partial charge in [0.25, 0.3) is 0 Å². The van der Waals surface area contributed by atoms with Crippen LogP contribution in [0.3, 0.4) is 0 Å². The summed E-state index contributed by atoms with van der Waals surface area (Å²) in [5.41, 5.74) is 5.39. The first-order valence-electron chi connectivity index (χ1n) is 12.2. The molecule has 0 amide bonds. The predicted octanol–water partition coefficient (Wildman–Crippen LogP) is 5.65. The SMILES string of the molecule is C=C(N[C@H](CN1CCC(C)(c2ccccc2)CC1)C(C)C)[C@H]1Cc2ccc(O)cc2CN1I. The summed E-state index contributed by atoms with van der Waals surface area (Å²) < 4.78 is 2.32. The molecule has 0 bridgehead atoms. The molecular weight excluding hydrogens is 521 g/mol. The van der Waals surface area contributed by atoms with Crippen LogP contribution in [0.1, 0.15) is 50.3 Å². The number of nitrogens with one attached hydrogen (secondary N) is 1. The first-order valence-corrected chi connectivity index (χ1v) is 13.2. The number of phenolic OH excluding ortho intramolecular Hbond substituents is 1. The molecule has 0 radical (unpaired) electrons. The van der Waals surface area contributed by atoms with Crippen LogP contribution in [0.4, 0.5) is 0 Å². The number of nitrogens with zero attached hydrogens (tertiary/aromatic N) is 2. The van der Waals surface area contributed by atoms with E-state index in [-0.39, 0.29) is 11.5 Å². The fourth-order valence-electron chi connectivity index (χ4n) is 5.23. The Balaban J connectivity index is 1.36. The maximum atomic E-state index is 9.83. The molecule has 33 heavy (non-hydrogen) atoms. The minimum Gasteiger partial charge on any atom is -0.508 e. The average molecular weight is 560 g/mol. The number of likely N-dealkylation sites (tertiary alicyclic amines) is 1. The summed E-state index contributed by atoms with van der Waals surface area (Å²) in [7, 11) is 0. The Morgan fingerprint density at radius 2 is 1.85 bits per heavy atom. The minimum absolute atomic E-state index is 0.256. The maximum Gasteiger partial charge on any atom is 0.115 e. The largest absolute Gasteiger partial charge is 0.508 e. The van der Waals surface area contributed by atoms with Gasteiger partial charge in [-0.3, -0.25) is 0 Å². The van der Waals surface area contributed by atoms with Gasteiger partial charge in [-0.1, -0.05) is 63.7 Å². The smallest absolute Gasteiger partial charge is 0.115 e. The van der Waals surface area contributed by atoms with E-state index in [4.69, 9.17) is 0 Å². The van der Waals surface area contributed by atoms with Gasteiger partial charge in [0.1, 0.15) is 5.75 Å². The van der Waals surface area contributed by atoms with E-state index in [1.807, 2.05) is 6.07 Å². The Hall–Kier alpha value is -1.57. The molecule has 0 saturated carbocycles. The second-order valence-electron chi connectivity index (χ2n) is 10.5. The van der Waals surface area contributed by atoms with E-state index in [1.165, 1.54) is 29.5 Å². The third kappa shape index (κ3) is 5.75. The van der Waals surface area contributed by atoms with E-state index in [0.29, 0.717) is 17.7 Å². The van der Waals surface area contributed by atoms with Crippen LogP contribution in [0, 0.1) is 5.92 Å². The van der Waals surface area contributed by atoms with Crippen molar-refractivity contribution in [3.8, 4) is 5.75 Å². The number of phenols is 1. The molecule has 2 atom stereocenters. The molecule has 2 aliphatic rings. The van der Waals surface area contributed by atoms with Crippen LogP contribution in [-0.2, 0) is 18.4 Å². The van der Waals surface area contributed by atoms with Gasteiger partial charge in [-0.05, 0) is 72.5 Å². The van der Waals surface area contributed by atoms with Crippen LogP contribution < -0.4 is 5.32 Å². The lowest BCUT2D eigenvalue weighted by Crippen LogP contribution is -2.50. The number of halogens is 1. The number of aromatic hydroxyl groups is 1. The van der Waals surface area contributed by atoms with Crippen molar-refractivity contribution in [3.05, 3.63) is 77.5 Å². The fourth-order valence-corrected chi connectivity index (χ4v) is 6.13. The van der Waals surface area contributed by atoms with Crippen molar-refractivity contribution >= 4 is 22.9 Å². The highest BCUT2D eigenvalue weighted by molar-refractivity contribution is 14.1. The molecule has 4 nitrogen and oxygen atoms in total. The minimum atomic E-state index is 0.256. The number of rotatable bonds is 7. The molecule has 0 spiro atoms. The monoisotopic (exact) mass is 559 g/mol. The highest BCUT2D eigenvalue weighted by Crippen LogP contribution is 2.35. The van der Waals surface area contributed by atoms with Gasteiger partial charge in [0.15, 0.2) is 0 Å². The first kappa shape index (κ1) is 24.6. The lowest BCUT2D eigenvalue weighted by molar-refractivity contribution is 0.145. The van der Waals surface area contributed by atoms with Crippen molar-refractivity contribution in [3.63, 3.8) is 0 Å². The van der Waals surface area contributed by atoms with Gasteiger partial charge in [-0.25, -0.2) is 3.11 Å². The molecule has 1 fully saturated rings. The Morgan fingerprint density at radius 1 is 1.15 bits per heavy atom. The highest BCUT2D eigenvalue weighted by Gasteiger charge is 2.33. The third-order valence-corrected chi connectivity index (χ3v) is 8.74. The van der Waals surface area contributed by atoms with Crippen molar-refractivity contribution in [1.82, 2.24) is 13.3 Å². The number of fused-ring (bicyclic) bond motifs is 1. The highest BCUT2D eigenvalue weighted by atomic mass is 127. The molecule has 178 valence electrons. The predicted molar refractivity (Wildman–Crippen MR) is 146 cm³/mol. The van der Waals surface area contributed by atoms with Gasteiger partial charge < -0.3 is 15.3 Å². The van der Waals surface area contributed by atoms with Gasteiger partial charge >= 0.3 is 0 Å². The van der Waals surface area contributed by atoms with Crippen LogP contribution in [0.2, 0.25) is 0 Å². The first-order chi connectivity index (χ1) is 15.7. The third-order valence-electron chi connectivity index (χ3n) is 7.73. The van der Waals surface area contributed by atoms with Gasteiger partial charge in [-0.2, -0.15) is 0 Å². The van der Waals surface area contributed by atoms with E-state index in [2.05, 4.69) is 99.9 Å². The molecule has 2 N–H and O–H groups in total. The second kappa shape index (κ2) is 10.4. The van der Waals surface area contributed by atoms with E-state index < -0.39 is 0 Å². The van der Waals surface area contributed by atoms with Gasteiger partial charge in [0, 0.05) is 47.7 Å². The standard InChI is InChI=1S/C28H38IN3O/c1-20(2)26(19-31-14-12-28(4,13-15-31)24-8-6-5-7-9-24)30-21(3)27-17-22-10-11-25(33)16-23(22)18-32(27)29/h5-11,16,20,26-27,30,33H,3,12-15,17-19H2,1-2,4H3/t26-,27-/m1/s1. The van der Waals surface area contributed by atoms with E-state index in [1.54, 1.807) is 6.07 Å². The van der Waals surface area contributed by atoms with Crippen LogP contribution in [0.15, 0.2) is 60.8 Å². The maximum absolute atomic E-state index is 9.83. The number of hydrogen-bond acceptors (Lipinski definition) is 4. The molecule has 0 unspecified atom stereocenters. The molecule has 0 aliphatic carbocycles. The zero-order valence-electron chi connectivity index (χ0n) is 20.2. The number of piperidine rings is 1. The number of hydrogen-bond donors (Lipinski definition) is 2. The zero-order valence-corrected chi connectivity index (χ0v) is 22.4. The normalized spacial score (nSPS) is 22.0. The molecule has 4 rings (SSSR count). The van der Waals surface area contributed by atoms with Crippen LogP contribution >= 0.6 is 22.9 Å². The Labute approximate surface area is 213 Å². The van der Waals surface area contributed by atoms with Crippen molar-refractivity contribution in [2.75, 3.05) is 19.6 Å². The van der Waals surface area contributed by atoms with Crippen LogP contribution in [0.5, 0.6) is 5.75 Å². The zero-order chi connectivity index (χ0) is 23.6. The molecule has 2 aliphatic heterocycles. The molecule has 1 saturated heterocycles. The molecule has 2 aromatic rings. The summed E-state index contributed by atoms with van der Waals surface area (Å²) in [5.74, 6) is 0.874. The van der Waals surface area contributed by atoms with Gasteiger partial charge in [-0.15, -0.1) is 0 Å². The van der Waals surface area contributed by atoms with Crippen molar-refractivity contribution in [2.24, 2.45) is 5.92 Å². The number of benzene rings is 2.